The van der Waals surface area contributed by atoms with Gasteiger partial charge in [0.05, 0.1) is 0 Å². The Hall–Kier alpha value is -1.23. The maximum atomic E-state index is 4.74. The molecular formula is C17H27BrN4. The molecule has 2 rings (SSSR count). The van der Waals surface area contributed by atoms with Crippen LogP contribution in [0.3, 0.4) is 0 Å². The summed E-state index contributed by atoms with van der Waals surface area (Å²) in [4.78, 5) is 7.19. The SMILES string of the molecule is CCNC(=NCC1CCN(c2cccc(Br)c2)C1)NC(C)C. The molecule has 0 spiro atoms. The van der Waals surface area contributed by atoms with E-state index in [0.29, 0.717) is 12.0 Å². The number of nitrogens with zero attached hydrogens (tertiary/aromatic N) is 2. The molecule has 0 bridgehead atoms. The molecule has 1 heterocycles. The van der Waals surface area contributed by atoms with Crippen LogP contribution in [0, 0.1) is 5.92 Å². The molecule has 4 nitrogen and oxygen atoms in total. The molecule has 0 radical (unpaired) electrons. The Morgan fingerprint density at radius 1 is 1.45 bits per heavy atom. The Balaban J connectivity index is 1.90. The number of rotatable bonds is 5. The zero-order valence-corrected chi connectivity index (χ0v) is 15.4. The van der Waals surface area contributed by atoms with E-state index in [4.69, 9.17) is 4.99 Å². The van der Waals surface area contributed by atoms with Crippen LogP contribution in [0.25, 0.3) is 0 Å². The summed E-state index contributed by atoms with van der Waals surface area (Å²) in [5, 5.41) is 6.68. The van der Waals surface area contributed by atoms with E-state index in [2.05, 4.69) is 76.5 Å². The fourth-order valence-electron chi connectivity index (χ4n) is 2.70. The van der Waals surface area contributed by atoms with E-state index in [1.165, 1.54) is 12.1 Å². The van der Waals surface area contributed by atoms with Crippen LogP contribution in [0.4, 0.5) is 5.69 Å². The first-order chi connectivity index (χ1) is 10.6. The van der Waals surface area contributed by atoms with E-state index in [9.17, 15) is 0 Å². The number of hydrogen-bond acceptors (Lipinski definition) is 2. The summed E-state index contributed by atoms with van der Waals surface area (Å²) in [6, 6.07) is 8.94. The van der Waals surface area contributed by atoms with Crippen LogP contribution < -0.4 is 15.5 Å². The lowest BCUT2D eigenvalue weighted by molar-refractivity contribution is 0.595. The predicted molar refractivity (Wildman–Crippen MR) is 98.7 cm³/mol. The molecule has 0 saturated carbocycles. The summed E-state index contributed by atoms with van der Waals surface area (Å²) in [6.45, 7) is 10.3. The molecule has 2 N–H and O–H groups in total. The minimum atomic E-state index is 0.402. The van der Waals surface area contributed by atoms with Gasteiger partial charge in [0.25, 0.3) is 0 Å². The molecule has 1 saturated heterocycles. The molecule has 22 heavy (non-hydrogen) atoms. The van der Waals surface area contributed by atoms with Crippen molar-refractivity contribution in [3.63, 3.8) is 0 Å². The third kappa shape index (κ3) is 5.20. The molecule has 1 aliphatic rings. The zero-order chi connectivity index (χ0) is 15.9. The van der Waals surface area contributed by atoms with E-state index in [1.54, 1.807) is 0 Å². The predicted octanol–water partition coefficient (Wildman–Crippen LogP) is 3.24. The van der Waals surface area contributed by atoms with Gasteiger partial charge in [-0.25, -0.2) is 0 Å². The van der Waals surface area contributed by atoms with Crippen LogP contribution in [-0.2, 0) is 0 Å². The van der Waals surface area contributed by atoms with E-state index >= 15 is 0 Å². The summed E-state index contributed by atoms with van der Waals surface area (Å²) in [5.74, 6) is 1.56. The second-order valence-corrected chi connectivity index (χ2v) is 7.01. The Bertz CT molecular complexity index is 501. The largest absolute Gasteiger partial charge is 0.371 e. The van der Waals surface area contributed by atoms with Gasteiger partial charge in [-0.05, 0) is 51.3 Å². The van der Waals surface area contributed by atoms with Crippen molar-refractivity contribution >= 4 is 27.6 Å². The van der Waals surface area contributed by atoms with Gasteiger partial charge in [0.1, 0.15) is 0 Å². The topological polar surface area (TPSA) is 39.7 Å². The fraction of sp³-hybridized carbons (Fsp3) is 0.588. The number of halogens is 1. The smallest absolute Gasteiger partial charge is 0.191 e. The summed E-state index contributed by atoms with van der Waals surface area (Å²) in [5.41, 5.74) is 1.30. The van der Waals surface area contributed by atoms with E-state index in [0.717, 1.165) is 36.6 Å². The molecule has 1 aliphatic heterocycles. The van der Waals surface area contributed by atoms with Crippen molar-refractivity contribution in [2.24, 2.45) is 10.9 Å². The van der Waals surface area contributed by atoms with E-state index in [1.807, 2.05) is 0 Å². The zero-order valence-electron chi connectivity index (χ0n) is 13.8. The van der Waals surface area contributed by atoms with Crippen LogP contribution in [0.15, 0.2) is 33.7 Å². The van der Waals surface area contributed by atoms with Crippen molar-refractivity contribution in [2.45, 2.75) is 33.2 Å². The molecule has 0 aliphatic carbocycles. The van der Waals surface area contributed by atoms with E-state index < -0.39 is 0 Å². The van der Waals surface area contributed by atoms with Crippen molar-refractivity contribution in [1.29, 1.82) is 0 Å². The number of nitrogens with one attached hydrogen (secondary N) is 2. The van der Waals surface area contributed by atoms with Crippen molar-refractivity contribution in [3.05, 3.63) is 28.7 Å². The fourth-order valence-corrected chi connectivity index (χ4v) is 3.09. The number of anilines is 1. The van der Waals surface area contributed by atoms with Crippen LogP contribution in [0.1, 0.15) is 27.2 Å². The van der Waals surface area contributed by atoms with Crippen molar-refractivity contribution in [2.75, 3.05) is 31.1 Å². The maximum absolute atomic E-state index is 4.74. The third-order valence-corrected chi connectivity index (χ3v) is 4.23. The summed E-state index contributed by atoms with van der Waals surface area (Å²) < 4.78 is 1.14. The van der Waals surface area contributed by atoms with E-state index in [-0.39, 0.29) is 0 Å². The number of hydrogen-bond donors (Lipinski definition) is 2. The Morgan fingerprint density at radius 3 is 2.95 bits per heavy atom. The molecule has 1 aromatic rings. The first-order valence-electron chi connectivity index (χ1n) is 8.14. The lowest BCUT2D eigenvalue weighted by Crippen LogP contribution is -2.41. The number of guanidine groups is 1. The molecule has 1 atom stereocenters. The van der Waals surface area contributed by atoms with Crippen LogP contribution >= 0.6 is 15.9 Å². The van der Waals surface area contributed by atoms with Gasteiger partial charge in [0, 0.05) is 42.4 Å². The van der Waals surface area contributed by atoms with Gasteiger partial charge in [-0.1, -0.05) is 22.0 Å². The molecule has 1 unspecified atom stereocenters. The van der Waals surface area contributed by atoms with Gasteiger partial charge in [-0.2, -0.15) is 0 Å². The molecule has 0 aromatic heterocycles. The number of benzene rings is 1. The monoisotopic (exact) mass is 366 g/mol. The molecule has 1 fully saturated rings. The average Bonchev–Trinajstić information content (AvgIpc) is 2.93. The van der Waals surface area contributed by atoms with Gasteiger partial charge in [0.15, 0.2) is 5.96 Å². The van der Waals surface area contributed by atoms with Gasteiger partial charge < -0.3 is 15.5 Å². The van der Waals surface area contributed by atoms with Crippen molar-refractivity contribution in [3.8, 4) is 0 Å². The highest BCUT2D eigenvalue weighted by Crippen LogP contribution is 2.26. The number of aliphatic imine (C=N–C) groups is 1. The van der Waals surface area contributed by atoms with Crippen LogP contribution in [0.2, 0.25) is 0 Å². The average molecular weight is 367 g/mol. The standard InChI is InChI=1S/C17H27BrN4/c1-4-19-17(21-13(2)3)20-11-14-8-9-22(12-14)16-7-5-6-15(18)10-16/h5-7,10,13-14H,4,8-9,11-12H2,1-3H3,(H2,19,20,21). The van der Waals surface area contributed by atoms with Gasteiger partial charge >= 0.3 is 0 Å². The lowest BCUT2D eigenvalue weighted by atomic mass is 10.1. The normalized spacial score (nSPS) is 18.9. The maximum Gasteiger partial charge on any atom is 0.191 e. The second kappa shape index (κ2) is 8.42. The quantitative estimate of drug-likeness (QED) is 0.620. The minimum absolute atomic E-state index is 0.402. The summed E-state index contributed by atoms with van der Waals surface area (Å²) in [7, 11) is 0. The Labute approximate surface area is 142 Å². The third-order valence-electron chi connectivity index (χ3n) is 3.74. The van der Waals surface area contributed by atoms with Gasteiger partial charge in [0.2, 0.25) is 0 Å². The first-order valence-corrected chi connectivity index (χ1v) is 8.93. The first kappa shape index (κ1) is 17.1. The molecule has 5 heteroatoms. The molecule has 1 aromatic carbocycles. The summed E-state index contributed by atoms with van der Waals surface area (Å²) >= 11 is 3.55. The highest BCUT2D eigenvalue weighted by Gasteiger charge is 2.22. The Morgan fingerprint density at radius 2 is 2.27 bits per heavy atom. The molecule has 122 valence electrons. The van der Waals surface area contributed by atoms with Crippen molar-refractivity contribution < 1.29 is 0 Å². The second-order valence-electron chi connectivity index (χ2n) is 6.10. The van der Waals surface area contributed by atoms with Crippen LogP contribution in [-0.4, -0.2) is 38.2 Å². The Kier molecular flexibility index (Phi) is 6.55. The summed E-state index contributed by atoms with van der Waals surface area (Å²) in [6.07, 6.45) is 1.21. The lowest BCUT2D eigenvalue weighted by Gasteiger charge is -2.19. The van der Waals surface area contributed by atoms with Crippen LogP contribution in [0.5, 0.6) is 0 Å². The van der Waals surface area contributed by atoms with Crippen molar-refractivity contribution in [1.82, 2.24) is 10.6 Å². The van der Waals surface area contributed by atoms with Gasteiger partial charge in [-0.3, -0.25) is 4.99 Å². The molecule has 0 amide bonds. The highest BCUT2D eigenvalue weighted by molar-refractivity contribution is 9.10. The van der Waals surface area contributed by atoms with Gasteiger partial charge in [-0.15, -0.1) is 0 Å². The highest BCUT2D eigenvalue weighted by atomic mass is 79.9. The minimum Gasteiger partial charge on any atom is -0.371 e. The molecular weight excluding hydrogens is 340 g/mol.